The number of pyridine rings is 1. The maximum atomic E-state index is 8.88. The van der Waals surface area contributed by atoms with Gasteiger partial charge in [-0.3, -0.25) is 0 Å². The zero-order valence-corrected chi connectivity index (χ0v) is 6.92. The highest BCUT2D eigenvalue weighted by Crippen LogP contribution is 2.24. The van der Waals surface area contributed by atoms with Crippen LogP contribution in [0.15, 0.2) is 16.7 Å². The summed E-state index contributed by atoms with van der Waals surface area (Å²) in [6.07, 6.45) is 1.32. The molecule has 0 aliphatic heterocycles. The van der Waals surface area contributed by atoms with E-state index in [0.717, 1.165) is 0 Å². The molecular formula is C6H6BrNO2. The van der Waals surface area contributed by atoms with Crippen LogP contribution < -0.4 is 4.74 Å². The first-order valence-electron chi connectivity index (χ1n) is 2.62. The summed E-state index contributed by atoms with van der Waals surface area (Å²) >= 11 is 3.16. The first kappa shape index (κ1) is 7.34. The summed E-state index contributed by atoms with van der Waals surface area (Å²) < 4.78 is 5.48. The second kappa shape index (κ2) is 2.88. The summed E-state index contributed by atoms with van der Waals surface area (Å²) in [5, 5.41) is 8.88. The number of ether oxygens (including phenoxy) is 1. The van der Waals surface area contributed by atoms with Gasteiger partial charge in [-0.25, -0.2) is 4.98 Å². The highest BCUT2D eigenvalue weighted by molar-refractivity contribution is 9.10. The molecule has 1 heterocycles. The minimum Gasteiger partial charge on any atom is -0.506 e. The molecule has 1 rings (SSSR count). The summed E-state index contributed by atoms with van der Waals surface area (Å²) in [6.45, 7) is 0. The van der Waals surface area contributed by atoms with Crippen molar-refractivity contribution in [3.63, 3.8) is 0 Å². The summed E-state index contributed by atoms with van der Waals surface area (Å²) in [4.78, 5) is 3.78. The molecule has 4 heteroatoms. The van der Waals surface area contributed by atoms with Crippen LogP contribution in [0.25, 0.3) is 0 Å². The Kier molecular flexibility index (Phi) is 2.11. The molecule has 0 spiro atoms. The Balaban J connectivity index is 3.07. The Morgan fingerprint density at radius 2 is 2.40 bits per heavy atom. The fourth-order valence-electron chi connectivity index (χ4n) is 0.565. The number of aromatic nitrogens is 1. The fraction of sp³-hybridized carbons (Fsp3) is 0.167. The number of nitrogens with zero attached hydrogens (tertiary/aromatic N) is 1. The molecule has 0 aliphatic rings. The van der Waals surface area contributed by atoms with Crippen molar-refractivity contribution in [1.29, 1.82) is 0 Å². The second-order valence-corrected chi connectivity index (χ2v) is 2.54. The Labute approximate surface area is 66.8 Å². The van der Waals surface area contributed by atoms with E-state index in [0.29, 0.717) is 10.4 Å². The number of methoxy groups -OCH3 is 1. The van der Waals surface area contributed by atoms with Gasteiger partial charge in [0.25, 0.3) is 0 Å². The van der Waals surface area contributed by atoms with Gasteiger partial charge in [0.2, 0.25) is 5.88 Å². The van der Waals surface area contributed by atoms with Gasteiger partial charge >= 0.3 is 0 Å². The van der Waals surface area contributed by atoms with Crippen LogP contribution in [-0.4, -0.2) is 17.2 Å². The largest absolute Gasteiger partial charge is 0.506 e. The minimum atomic E-state index is 0.118. The molecular weight excluding hydrogens is 198 g/mol. The van der Waals surface area contributed by atoms with Crippen molar-refractivity contribution in [2.75, 3.05) is 7.11 Å². The van der Waals surface area contributed by atoms with Gasteiger partial charge < -0.3 is 9.84 Å². The van der Waals surface area contributed by atoms with Crippen molar-refractivity contribution in [2.24, 2.45) is 0 Å². The van der Waals surface area contributed by atoms with E-state index in [-0.39, 0.29) is 5.75 Å². The van der Waals surface area contributed by atoms with Gasteiger partial charge in [0.1, 0.15) is 5.75 Å². The van der Waals surface area contributed by atoms with Gasteiger partial charge in [-0.1, -0.05) is 0 Å². The van der Waals surface area contributed by atoms with Crippen LogP contribution in [0.3, 0.4) is 0 Å². The fourth-order valence-corrected chi connectivity index (χ4v) is 1.06. The number of hydrogen-bond acceptors (Lipinski definition) is 3. The van der Waals surface area contributed by atoms with Gasteiger partial charge in [-0.15, -0.1) is 0 Å². The predicted molar refractivity (Wildman–Crippen MR) is 40.2 cm³/mol. The molecule has 1 aromatic heterocycles. The quantitative estimate of drug-likeness (QED) is 0.754. The van der Waals surface area contributed by atoms with Crippen molar-refractivity contribution < 1.29 is 9.84 Å². The molecule has 0 radical (unpaired) electrons. The SMILES string of the molecule is COc1ncc(O)cc1Br. The lowest BCUT2D eigenvalue weighted by molar-refractivity contribution is 0.391. The molecule has 0 aromatic carbocycles. The van der Waals surface area contributed by atoms with Crippen LogP contribution in [0.2, 0.25) is 0 Å². The molecule has 0 fully saturated rings. The molecule has 0 atom stereocenters. The molecule has 0 unspecified atom stereocenters. The normalized spacial score (nSPS) is 9.40. The lowest BCUT2D eigenvalue weighted by Crippen LogP contribution is -1.86. The van der Waals surface area contributed by atoms with Crippen molar-refractivity contribution in [3.8, 4) is 11.6 Å². The monoisotopic (exact) mass is 203 g/mol. The van der Waals surface area contributed by atoms with Crippen LogP contribution in [0.5, 0.6) is 11.6 Å². The van der Waals surface area contributed by atoms with Crippen molar-refractivity contribution in [2.45, 2.75) is 0 Å². The van der Waals surface area contributed by atoms with Crippen LogP contribution >= 0.6 is 15.9 Å². The Morgan fingerprint density at radius 3 is 2.90 bits per heavy atom. The molecule has 1 aromatic rings. The predicted octanol–water partition coefficient (Wildman–Crippen LogP) is 1.56. The van der Waals surface area contributed by atoms with Gasteiger partial charge in [-0.05, 0) is 15.9 Å². The molecule has 10 heavy (non-hydrogen) atoms. The zero-order chi connectivity index (χ0) is 7.56. The van der Waals surface area contributed by atoms with E-state index in [2.05, 4.69) is 20.9 Å². The Bertz CT molecular complexity index is 239. The van der Waals surface area contributed by atoms with Crippen molar-refractivity contribution >= 4 is 15.9 Å². The average Bonchev–Trinajstić information content (AvgIpc) is 1.88. The molecule has 3 nitrogen and oxygen atoms in total. The van der Waals surface area contributed by atoms with Crippen molar-refractivity contribution in [3.05, 3.63) is 16.7 Å². The molecule has 1 N–H and O–H groups in total. The van der Waals surface area contributed by atoms with Crippen molar-refractivity contribution in [1.82, 2.24) is 4.98 Å². The van der Waals surface area contributed by atoms with E-state index in [1.54, 1.807) is 0 Å². The zero-order valence-electron chi connectivity index (χ0n) is 5.34. The highest BCUT2D eigenvalue weighted by Gasteiger charge is 2.00. The van der Waals surface area contributed by atoms with E-state index in [4.69, 9.17) is 9.84 Å². The standard InChI is InChI=1S/C6H6BrNO2/c1-10-6-5(7)2-4(9)3-8-6/h2-3,9H,1H3. The number of halogens is 1. The van der Waals surface area contributed by atoms with Crippen LogP contribution in [0.4, 0.5) is 0 Å². The number of hydrogen-bond donors (Lipinski definition) is 1. The summed E-state index contributed by atoms with van der Waals surface area (Å²) in [5.74, 6) is 0.588. The maximum Gasteiger partial charge on any atom is 0.227 e. The molecule has 0 saturated carbocycles. The maximum absolute atomic E-state index is 8.88. The van der Waals surface area contributed by atoms with E-state index in [1.807, 2.05) is 0 Å². The highest BCUT2D eigenvalue weighted by atomic mass is 79.9. The number of rotatable bonds is 1. The minimum absolute atomic E-state index is 0.118. The third-order valence-electron chi connectivity index (χ3n) is 0.986. The Hall–Kier alpha value is -0.770. The second-order valence-electron chi connectivity index (χ2n) is 1.68. The number of aromatic hydroxyl groups is 1. The van der Waals surface area contributed by atoms with Crippen LogP contribution in [0, 0.1) is 0 Å². The average molecular weight is 204 g/mol. The molecule has 54 valence electrons. The lowest BCUT2D eigenvalue weighted by Gasteiger charge is -1.99. The van der Waals surface area contributed by atoms with Gasteiger partial charge in [0, 0.05) is 6.07 Å². The summed E-state index contributed by atoms with van der Waals surface area (Å²) in [6, 6.07) is 1.52. The van der Waals surface area contributed by atoms with Gasteiger partial charge in [0.05, 0.1) is 17.8 Å². The van der Waals surface area contributed by atoms with E-state index < -0.39 is 0 Å². The molecule has 0 aliphatic carbocycles. The van der Waals surface area contributed by atoms with E-state index in [9.17, 15) is 0 Å². The first-order chi connectivity index (χ1) is 4.74. The van der Waals surface area contributed by atoms with E-state index >= 15 is 0 Å². The van der Waals surface area contributed by atoms with Crippen LogP contribution in [0.1, 0.15) is 0 Å². The summed E-state index contributed by atoms with van der Waals surface area (Å²) in [7, 11) is 1.52. The molecule has 0 bridgehead atoms. The van der Waals surface area contributed by atoms with E-state index in [1.165, 1.54) is 19.4 Å². The third kappa shape index (κ3) is 1.39. The molecule has 0 saturated heterocycles. The summed E-state index contributed by atoms with van der Waals surface area (Å²) in [5.41, 5.74) is 0. The first-order valence-corrected chi connectivity index (χ1v) is 3.42. The Morgan fingerprint density at radius 1 is 1.70 bits per heavy atom. The lowest BCUT2D eigenvalue weighted by atomic mass is 10.4. The molecule has 0 amide bonds. The smallest absolute Gasteiger partial charge is 0.227 e. The third-order valence-corrected chi connectivity index (χ3v) is 1.55. The van der Waals surface area contributed by atoms with Crippen LogP contribution in [-0.2, 0) is 0 Å². The van der Waals surface area contributed by atoms with Gasteiger partial charge in [0.15, 0.2) is 0 Å². The van der Waals surface area contributed by atoms with Gasteiger partial charge in [-0.2, -0.15) is 0 Å². The topological polar surface area (TPSA) is 42.4 Å².